The van der Waals surface area contributed by atoms with Gasteiger partial charge in [-0.2, -0.15) is 0 Å². The summed E-state index contributed by atoms with van der Waals surface area (Å²) in [5.41, 5.74) is 0.438. The molecule has 0 aliphatic carbocycles. The monoisotopic (exact) mass is 484 g/mol. The Morgan fingerprint density at radius 1 is 0.774 bits per heavy atom. The Hall–Kier alpha value is -3.46. The van der Waals surface area contributed by atoms with Crippen LogP contribution in [0.2, 0.25) is 0 Å². The van der Waals surface area contributed by atoms with E-state index in [1.807, 2.05) is 60.7 Å². The van der Waals surface area contributed by atoms with Crippen molar-refractivity contribution in [1.82, 2.24) is 19.8 Å². The molecule has 3 aromatic rings. The first-order valence-corrected chi connectivity index (χ1v) is 10.3. The van der Waals surface area contributed by atoms with Crippen molar-refractivity contribution >= 4 is 27.7 Å². The average Bonchev–Trinajstić information content (AvgIpc) is 2.79. The van der Waals surface area contributed by atoms with Gasteiger partial charge in [0.1, 0.15) is 13.1 Å². The third-order valence-corrected chi connectivity index (χ3v) is 5.02. The fourth-order valence-electron chi connectivity index (χ4n) is 2.87. The van der Waals surface area contributed by atoms with Crippen LogP contribution in [0.4, 0.5) is 0 Å². The van der Waals surface area contributed by atoms with E-state index in [1.54, 1.807) is 0 Å². The van der Waals surface area contributed by atoms with Gasteiger partial charge in [-0.1, -0.05) is 60.7 Å². The van der Waals surface area contributed by atoms with Gasteiger partial charge in [0.25, 0.3) is 5.56 Å². The van der Waals surface area contributed by atoms with Crippen LogP contribution in [0, 0.1) is 0 Å². The van der Waals surface area contributed by atoms with Crippen molar-refractivity contribution in [3.05, 3.63) is 103 Å². The first-order valence-electron chi connectivity index (χ1n) is 9.55. The van der Waals surface area contributed by atoms with Gasteiger partial charge in [-0.25, -0.2) is 9.36 Å². The highest BCUT2D eigenvalue weighted by Gasteiger charge is 2.15. The molecule has 8 nitrogen and oxygen atoms in total. The topological polar surface area (TPSA) is 102 Å². The van der Waals surface area contributed by atoms with Crippen LogP contribution in [0.3, 0.4) is 0 Å². The minimum absolute atomic E-state index is 0.0822. The van der Waals surface area contributed by atoms with Crippen molar-refractivity contribution in [3.8, 4) is 0 Å². The van der Waals surface area contributed by atoms with Gasteiger partial charge in [0.15, 0.2) is 0 Å². The Labute approximate surface area is 186 Å². The van der Waals surface area contributed by atoms with Gasteiger partial charge < -0.3 is 10.6 Å². The van der Waals surface area contributed by atoms with Crippen LogP contribution in [0.5, 0.6) is 0 Å². The van der Waals surface area contributed by atoms with Gasteiger partial charge in [0, 0.05) is 19.3 Å². The van der Waals surface area contributed by atoms with Crippen molar-refractivity contribution in [2.75, 3.05) is 0 Å². The normalized spacial score (nSPS) is 10.5. The molecule has 31 heavy (non-hydrogen) atoms. The molecule has 1 heterocycles. The minimum atomic E-state index is -0.738. The predicted octanol–water partition coefficient (Wildman–Crippen LogP) is 1.41. The number of benzene rings is 2. The van der Waals surface area contributed by atoms with Crippen LogP contribution in [0.15, 0.2) is 80.9 Å². The second-order valence-corrected chi connectivity index (χ2v) is 7.66. The molecule has 9 heteroatoms. The molecule has 0 atom stereocenters. The van der Waals surface area contributed by atoms with Crippen molar-refractivity contribution in [2.45, 2.75) is 26.2 Å². The molecule has 0 aliphatic rings. The fraction of sp³-hybridized carbons (Fsp3) is 0.182. The number of carbonyl (C=O) groups excluding carboxylic acids is 2. The summed E-state index contributed by atoms with van der Waals surface area (Å²) < 4.78 is 1.98. The van der Waals surface area contributed by atoms with Crippen LogP contribution in [-0.2, 0) is 35.8 Å². The summed E-state index contributed by atoms with van der Waals surface area (Å²) >= 11 is 3.11. The van der Waals surface area contributed by atoms with Gasteiger partial charge in [0.2, 0.25) is 11.8 Å². The van der Waals surface area contributed by atoms with Crippen LogP contribution in [0.25, 0.3) is 0 Å². The van der Waals surface area contributed by atoms with E-state index in [-0.39, 0.29) is 17.6 Å². The quantitative estimate of drug-likeness (QED) is 0.504. The molecule has 2 amide bonds. The highest BCUT2D eigenvalue weighted by molar-refractivity contribution is 9.10. The highest BCUT2D eigenvalue weighted by Crippen LogP contribution is 2.01. The molecule has 2 aromatic carbocycles. The maximum absolute atomic E-state index is 12.7. The lowest BCUT2D eigenvalue weighted by Gasteiger charge is -2.12. The smallest absolute Gasteiger partial charge is 0.332 e. The number of hydrogen-bond donors (Lipinski definition) is 2. The molecule has 2 N–H and O–H groups in total. The third kappa shape index (κ3) is 6.26. The zero-order valence-electron chi connectivity index (χ0n) is 16.6. The first-order chi connectivity index (χ1) is 14.9. The van der Waals surface area contributed by atoms with E-state index in [0.29, 0.717) is 6.54 Å². The molecule has 0 bridgehead atoms. The second kappa shape index (κ2) is 10.5. The zero-order chi connectivity index (χ0) is 22.2. The molecule has 3 rings (SSSR count). The summed E-state index contributed by atoms with van der Waals surface area (Å²) in [6.45, 7) is -0.138. The molecular formula is C22H21BrN4O4. The number of carbonyl (C=O) groups is 2. The molecular weight excluding hydrogens is 464 g/mol. The molecule has 1 aromatic heterocycles. The fourth-order valence-corrected chi connectivity index (χ4v) is 3.34. The summed E-state index contributed by atoms with van der Waals surface area (Å²) in [6, 6.07) is 18.6. The molecule has 160 valence electrons. The van der Waals surface area contributed by atoms with Gasteiger partial charge >= 0.3 is 5.69 Å². The molecule has 0 saturated carbocycles. The Balaban J connectivity index is 1.67. The lowest BCUT2D eigenvalue weighted by atomic mass is 10.2. The number of aromatic nitrogens is 2. The summed E-state index contributed by atoms with van der Waals surface area (Å²) in [5.74, 6) is -0.877. The third-order valence-electron chi connectivity index (χ3n) is 4.48. The van der Waals surface area contributed by atoms with E-state index in [4.69, 9.17) is 0 Å². The predicted molar refractivity (Wildman–Crippen MR) is 119 cm³/mol. The maximum Gasteiger partial charge on any atom is 0.332 e. The highest BCUT2D eigenvalue weighted by atomic mass is 79.9. The molecule has 0 saturated heterocycles. The first kappa shape index (κ1) is 22.2. The van der Waals surface area contributed by atoms with Crippen LogP contribution in [-0.4, -0.2) is 20.9 Å². The van der Waals surface area contributed by atoms with Crippen molar-refractivity contribution in [2.24, 2.45) is 0 Å². The number of amides is 2. The van der Waals surface area contributed by atoms with Crippen LogP contribution in [0.1, 0.15) is 11.1 Å². The van der Waals surface area contributed by atoms with E-state index in [0.717, 1.165) is 20.3 Å². The molecule has 0 spiro atoms. The number of hydrogen-bond acceptors (Lipinski definition) is 4. The Morgan fingerprint density at radius 3 is 1.77 bits per heavy atom. The Morgan fingerprint density at radius 2 is 1.26 bits per heavy atom. The number of nitrogens with one attached hydrogen (secondary N) is 2. The van der Waals surface area contributed by atoms with Gasteiger partial charge in [0.05, 0.1) is 4.47 Å². The summed E-state index contributed by atoms with van der Waals surface area (Å²) in [7, 11) is 0. The van der Waals surface area contributed by atoms with Crippen molar-refractivity contribution in [3.63, 3.8) is 0 Å². The standard InChI is InChI=1S/C22H21BrN4O4/c23-18-13-26(14-19(28)24-11-16-7-3-1-4-8-16)22(31)27(21(18)30)15-20(29)25-12-17-9-5-2-6-10-17/h1-10,13H,11-12,14-15H2,(H,24,28)(H,25,29). The van der Waals surface area contributed by atoms with E-state index >= 15 is 0 Å². The lowest BCUT2D eigenvalue weighted by molar-refractivity contribution is -0.122. The van der Waals surface area contributed by atoms with E-state index in [1.165, 1.54) is 6.20 Å². The van der Waals surface area contributed by atoms with Crippen LogP contribution < -0.4 is 21.9 Å². The molecule has 0 unspecified atom stereocenters. The molecule has 0 fully saturated rings. The van der Waals surface area contributed by atoms with Crippen molar-refractivity contribution < 1.29 is 9.59 Å². The summed E-state index contributed by atoms with van der Waals surface area (Å²) in [6.07, 6.45) is 1.26. The molecule has 0 aliphatic heterocycles. The van der Waals surface area contributed by atoms with Crippen LogP contribution >= 0.6 is 15.9 Å². The summed E-state index contributed by atoms with van der Waals surface area (Å²) in [4.78, 5) is 49.6. The van der Waals surface area contributed by atoms with Crippen molar-refractivity contribution in [1.29, 1.82) is 0 Å². The Bertz CT molecular complexity index is 1170. The maximum atomic E-state index is 12.7. The summed E-state index contributed by atoms with van der Waals surface area (Å²) in [5, 5.41) is 5.41. The van der Waals surface area contributed by atoms with Gasteiger partial charge in [-0.3, -0.25) is 19.0 Å². The van der Waals surface area contributed by atoms with Gasteiger partial charge in [-0.15, -0.1) is 0 Å². The zero-order valence-corrected chi connectivity index (χ0v) is 18.2. The largest absolute Gasteiger partial charge is 0.350 e. The lowest BCUT2D eigenvalue weighted by Crippen LogP contribution is -2.45. The number of rotatable bonds is 8. The van der Waals surface area contributed by atoms with E-state index in [9.17, 15) is 19.2 Å². The second-order valence-electron chi connectivity index (χ2n) is 6.80. The SMILES string of the molecule is O=C(Cn1cc(Br)c(=O)n(CC(=O)NCc2ccccc2)c1=O)NCc1ccccc1. The average molecular weight is 485 g/mol. The van der Waals surface area contributed by atoms with E-state index in [2.05, 4.69) is 26.6 Å². The number of halogens is 1. The number of nitrogens with zero attached hydrogens (tertiary/aromatic N) is 2. The molecule has 0 radical (unpaired) electrons. The Kier molecular flexibility index (Phi) is 7.55. The van der Waals surface area contributed by atoms with Gasteiger partial charge in [-0.05, 0) is 27.1 Å². The minimum Gasteiger partial charge on any atom is -0.350 e. The van der Waals surface area contributed by atoms with E-state index < -0.39 is 29.6 Å².